The van der Waals surface area contributed by atoms with Crippen LogP contribution in [-0.2, 0) is 11.4 Å². The summed E-state index contributed by atoms with van der Waals surface area (Å²) in [5, 5.41) is 18.3. The van der Waals surface area contributed by atoms with Crippen LogP contribution in [0.3, 0.4) is 0 Å². The number of anilines is 2. The van der Waals surface area contributed by atoms with Crippen molar-refractivity contribution in [1.82, 2.24) is 20.2 Å². The van der Waals surface area contributed by atoms with E-state index >= 15 is 0 Å². The first-order valence-corrected chi connectivity index (χ1v) is 13.5. The minimum Gasteiger partial charge on any atom is -0.493 e. The maximum absolute atomic E-state index is 13.8. The van der Waals surface area contributed by atoms with Gasteiger partial charge in [-0.05, 0) is 97.1 Å². The number of para-hydroxylation sites is 2. The number of ether oxygens (including phenoxy) is 3. The van der Waals surface area contributed by atoms with E-state index in [9.17, 15) is 4.79 Å². The van der Waals surface area contributed by atoms with Gasteiger partial charge in [-0.25, -0.2) is 0 Å². The number of hydrogen-bond acceptors (Lipinski definition) is 8. The number of nitrogens with zero attached hydrogens (tertiary/aromatic N) is 4. The van der Waals surface area contributed by atoms with Gasteiger partial charge in [0.05, 0.1) is 25.0 Å². The van der Waals surface area contributed by atoms with Crippen LogP contribution in [0.2, 0.25) is 0 Å². The van der Waals surface area contributed by atoms with Crippen molar-refractivity contribution >= 4 is 17.5 Å². The summed E-state index contributed by atoms with van der Waals surface area (Å²) in [6.07, 6.45) is 0. The van der Waals surface area contributed by atoms with E-state index in [1.165, 1.54) is 16.7 Å². The largest absolute Gasteiger partial charge is 0.493 e. The van der Waals surface area contributed by atoms with Crippen molar-refractivity contribution in [3.8, 4) is 17.2 Å². The Balaban J connectivity index is 1.47. The summed E-state index contributed by atoms with van der Waals surface area (Å²) in [5.41, 5.74) is 7.18. The van der Waals surface area contributed by atoms with Crippen molar-refractivity contribution in [3.63, 3.8) is 0 Å². The predicted octanol–water partition coefficient (Wildman–Crippen LogP) is 5.51. The second-order valence-electron chi connectivity index (χ2n) is 9.96. The van der Waals surface area contributed by atoms with Gasteiger partial charge in [0.25, 0.3) is 5.91 Å². The lowest BCUT2D eigenvalue weighted by atomic mass is 9.94. The van der Waals surface area contributed by atoms with Crippen molar-refractivity contribution in [2.75, 3.05) is 24.4 Å². The molecule has 212 valence electrons. The van der Waals surface area contributed by atoms with Crippen molar-refractivity contribution in [3.05, 3.63) is 93.7 Å². The highest BCUT2D eigenvalue weighted by atomic mass is 16.5. The fraction of sp³-hybridized carbons (Fsp3) is 0.290. The number of aromatic nitrogens is 4. The van der Waals surface area contributed by atoms with Crippen LogP contribution in [-0.4, -0.2) is 39.8 Å². The molecule has 0 bridgehead atoms. The van der Waals surface area contributed by atoms with Gasteiger partial charge in [-0.2, -0.15) is 4.68 Å². The average molecular weight is 555 g/mol. The van der Waals surface area contributed by atoms with Crippen LogP contribution in [0, 0.1) is 20.8 Å². The number of methoxy groups -OCH3 is 1. The van der Waals surface area contributed by atoms with Crippen LogP contribution in [0.4, 0.5) is 11.6 Å². The minimum atomic E-state index is -0.620. The average Bonchev–Trinajstić information content (AvgIpc) is 3.42. The Morgan fingerprint density at radius 2 is 1.73 bits per heavy atom. The van der Waals surface area contributed by atoms with Gasteiger partial charge in [-0.1, -0.05) is 35.4 Å². The molecule has 10 nitrogen and oxygen atoms in total. The molecule has 41 heavy (non-hydrogen) atoms. The molecule has 0 fully saturated rings. The second kappa shape index (κ2) is 11.7. The fourth-order valence-electron chi connectivity index (χ4n) is 4.96. The van der Waals surface area contributed by atoms with Gasteiger partial charge in [0.15, 0.2) is 11.5 Å². The van der Waals surface area contributed by atoms with E-state index in [4.69, 9.17) is 14.2 Å². The van der Waals surface area contributed by atoms with Gasteiger partial charge in [0.2, 0.25) is 5.95 Å². The third kappa shape index (κ3) is 5.58. The fourth-order valence-corrected chi connectivity index (χ4v) is 4.96. The summed E-state index contributed by atoms with van der Waals surface area (Å²) < 4.78 is 19.2. The van der Waals surface area contributed by atoms with Crippen molar-refractivity contribution in [2.24, 2.45) is 0 Å². The number of fused-ring (bicyclic) bond motifs is 1. The Morgan fingerprint density at radius 1 is 0.951 bits per heavy atom. The van der Waals surface area contributed by atoms with E-state index < -0.39 is 6.04 Å². The molecule has 5 rings (SSSR count). The molecule has 1 aliphatic rings. The Kier molecular flexibility index (Phi) is 7.91. The van der Waals surface area contributed by atoms with E-state index in [0.29, 0.717) is 53.4 Å². The molecule has 0 saturated heterocycles. The molecule has 1 aromatic heterocycles. The lowest BCUT2D eigenvalue weighted by Gasteiger charge is -2.28. The summed E-state index contributed by atoms with van der Waals surface area (Å²) in [4.78, 5) is 13.8. The molecule has 2 N–H and O–H groups in total. The number of rotatable bonds is 9. The number of tetrazole rings is 1. The molecule has 0 aliphatic carbocycles. The molecule has 4 aromatic rings. The molecule has 1 unspecified atom stereocenters. The lowest BCUT2D eigenvalue weighted by molar-refractivity contribution is -0.113. The third-order valence-electron chi connectivity index (χ3n) is 7.23. The van der Waals surface area contributed by atoms with E-state index in [1.54, 1.807) is 17.9 Å². The van der Waals surface area contributed by atoms with Crippen LogP contribution < -0.4 is 24.8 Å². The lowest BCUT2D eigenvalue weighted by Crippen LogP contribution is -2.31. The standard InChI is InChI=1S/C31H34N6O4/c1-7-40-25-11-9-8-10-24(25)33-30(38)28-21(5)32-31-34-35-36-37(31)29(28)22-12-13-26(27(16-22)39-6)41-17-23-15-19(3)18(2)14-20(23)4/h8-16,29H,7,17H2,1-6H3,(H,33,38)(H,32,34,36). The zero-order valence-electron chi connectivity index (χ0n) is 24.1. The molecule has 10 heteroatoms. The highest BCUT2D eigenvalue weighted by molar-refractivity contribution is 6.06. The predicted molar refractivity (Wildman–Crippen MR) is 156 cm³/mol. The summed E-state index contributed by atoms with van der Waals surface area (Å²) in [6.45, 7) is 10.9. The van der Waals surface area contributed by atoms with E-state index in [-0.39, 0.29) is 5.91 Å². The molecular weight excluding hydrogens is 520 g/mol. The van der Waals surface area contributed by atoms with E-state index in [0.717, 1.165) is 11.1 Å². The van der Waals surface area contributed by atoms with E-state index in [1.807, 2.05) is 50.2 Å². The number of aryl methyl sites for hydroxylation is 3. The number of amides is 1. The van der Waals surface area contributed by atoms with Crippen molar-refractivity contribution in [2.45, 2.75) is 47.3 Å². The monoisotopic (exact) mass is 554 g/mol. The number of allylic oxidation sites excluding steroid dienone is 1. The highest BCUT2D eigenvalue weighted by Gasteiger charge is 2.35. The van der Waals surface area contributed by atoms with E-state index in [2.05, 4.69) is 59.1 Å². The zero-order valence-corrected chi connectivity index (χ0v) is 24.1. The third-order valence-corrected chi connectivity index (χ3v) is 7.23. The smallest absolute Gasteiger partial charge is 0.255 e. The van der Waals surface area contributed by atoms with Gasteiger partial charge >= 0.3 is 0 Å². The van der Waals surface area contributed by atoms with Crippen LogP contribution in [0.15, 0.2) is 65.9 Å². The SMILES string of the molecule is CCOc1ccccc1NC(=O)C1=C(C)Nc2nnnn2C1c1ccc(OCc2cc(C)c(C)cc2C)c(OC)c1. The van der Waals surface area contributed by atoms with Gasteiger partial charge in [-0.15, -0.1) is 0 Å². The first-order chi connectivity index (χ1) is 19.8. The molecule has 0 radical (unpaired) electrons. The van der Waals surface area contributed by atoms with Crippen LogP contribution in [0.1, 0.15) is 47.7 Å². The molecular formula is C31H34N6O4. The maximum Gasteiger partial charge on any atom is 0.255 e. The van der Waals surface area contributed by atoms with Crippen molar-refractivity contribution < 1.29 is 19.0 Å². The Bertz CT molecular complexity index is 1630. The minimum absolute atomic E-state index is 0.308. The summed E-state index contributed by atoms with van der Waals surface area (Å²) in [5.74, 6) is 1.85. The number of nitrogens with one attached hydrogen (secondary N) is 2. The van der Waals surface area contributed by atoms with Gasteiger partial charge < -0.3 is 24.8 Å². The van der Waals surface area contributed by atoms with Gasteiger partial charge in [-0.3, -0.25) is 4.79 Å². The summed E-state index contributed by atoms with van der Waals surface area (Å²) in [6, 6.07) is 16.7. The summed E-state index contributed by atoms with van der Waals surface area (Å²) in [7, 11) is 1.59. The van der Waals surface area contributed by atoms with Crippen LogP contribution in [0.25, 0.3) is 0 Å². The number of carbonyl (C=O) groups excluding carboxylic acids is 1. The highest BCUT2D eigenvalue weighted by Crippen LogP contribution is 2.39. The zero-order chi connectivity index (χ0) is 29.1. The second-order valence-corrected chi connectivity index (χ2v) is 9.96. The normalized spacial score (nSPS) is 14.2. The molecule has 1 amide bonds. The van der Waals surface area contributed by atoms with Crippen LogP contribution >= 0.6 is 0 Å². The molecule has 0 saturated carbocycles. The van der Waals surface area contributed by atoms with Gasteiger partial charge in [0, 0.05) is 5.70 Å². The molecule has 0 spiro atoms. The first kappa shape index (κ1) is 27.7. The molecule has 2 heterocycles. The molecule has 3 aromatic carbocycles. The molecule has 1 atom stereocenters. The molecule has 1 aliphatic heterocycles. The van der Waals surface area contributed by atoms with Gasteiger partial charge in [0.1, 0.15) is 18.4 Å². The topological polar surface area (TPSA) is 112 Å². The number of benzene rings is 3. The van der Waals surface area contributed by atoms with Crippen molar-refractivity contribution in [1.29, 1.82) is 0 Å². The number of carbonyl (C=O) groups is 1. The maximum atomic E-state index is 13.8. The Labute approximate surface area is 239 Å². The Hall–Kier alpha value is -4.86. The number of hydrogen-bond donors (Lipinski definition) is 2. The summed E-state index contributed by atoms with van der Waals surface area (Å²) >= 11 is 0. The first-order valence-electron chi connectivity index (χ1n) is 13.5. The van der Waals surface area contributed by atoms with Crippen LogP contribution in [0.5, 0.6) is 17.2 Å². The Morgan fingerprint density at radius 3 is 2.51 bits per heavy atom. The quantitative estimate of drug-likeness (QED) is 0.278.